The number of nitrogens with zero attached hydrogens (tertiary/aromatic N) is 2. The topological polar surface area (TPSA) is 45.9 Å². The van der Waals surface area contributed by atoms with Crippen LogP contribution in [0, 0.1) is 25.2 Å². The summed E-state index contributed by atoms with van der Waals surface area (Å²) in [5.41, 5.74) is 2.36. The number of aryl methyl sites for hydroxylation is 2. The maximum absolute atomic E-state index is 8.87. The maximum atomic E-state index is 8.87. The van der Waals surface area contributed by atoms with Gasteiger partial charge in [0, 0.05) is 11.8 Å². The van der Waals surface area contributed by atoms with E-state index in [1.165, 1.54) is 0 Å². The summed E-state index contributed by atoms with van der Waals surface area (Å²) in [6.45, 7) is 3.81. The van der Waals surface area contributed by atoms with Gasteiger partial charge in [-0.2, -0.15) is 5.26 Å². The van der Waals surface area contributed by atoms with Gasteiger partial charge in [0.05, 0.1) is 11.6 Å². The summed E-state index contributed by atoms with van der Waals surface area (Å²) in [6.07, 6.45) is 0. The number of para-hydroxylation sites is 1. The Hall–Kier alpha value is -2.34. The van der Waals surface area contributed by atoms with Gasteiger partial charge in [0.1, 0.15) is 5.75 Å². The summed E-state index contributed by atoms with van der Waals surface area (Å²) in [7, 11) is 0. The quantitative estimate of drug-likeness (QED) is 0.785. The lowest BCUT2D eigenvalue weighted by molar-refractivity contribution is 0.458. The van der Waals surface area contributed by atoms with Crippen molar-refractivity contribution in [2.75, 3.05) is 0 Å². The van der Waals surface area contributed by atoms with Crippen LogP contribution in [-0.4, -0.2) is 4.98 Å². The Balaban J connectivity index is 2.34. The zero-order chi connectivity index (χ0) is 12.3. The highest BCUT2D eigenvalue weighted by Crippen LogP contribution is 2.23. The summed E-state index contributed by atoms with van der Waals surface area (Å²) >= 11 is 0. The van der Waals surface area contributed by atoms with E-state index in [4.69, 9.17) is 10.00 Å². The molecule has 0 aliphatic heterocycles. The molecule has 2 aromatic rings. The number of hydrogen-bond donors (Lipinski definition) is 0. The van der Waals surface area contributed by atoms with Crippen LogP contribution < -0.4 is 4.74 Å². The number of aromatic nitrogens is 1. The normalized spacial score (nSPS) is 9.71. The van der Waals surface area contributed by atoms with Crippen molar-refractivity contribution in [3.8, 4) is 17.7 Å². The molecule has 1 aromatic heterocycles. The Morgan fingerprint density at radius 2 is 1.94 bits per heavy atom. The molecule has 1 heterocycles. The van der Waals surface area contributed by atoms with Crippen molar-refractivity contribution in [2.24, 2.45) is 0 Å². The van der Waals surface area contributed by atoms with Crippen molar-refractivity contribution in [3.63, 3.8) is 0 Å². The SMILES string of the molecule is Cc1cc(C#N)cc(Oc2ccccc2C)n1. The summed E-state index contributed by atoms with van der Waals surface area (Å²) in [4.78, 5) is 4.24. The van der Waals surface area contributed by atoms with E-state index in [0.717, 1.165) is 17.0 Å². The van der Waals surface area contributed by atoms with E-state index < -0.39 is 0 Å². The molecule has 0 unspecified atom stereocenters. The van der Waals surface area contributed by atoms with Gasteiger partial charge in [0.15, 0.2) is 0 Å². The predicted octanol–water partition coefficient (Wildman–Crippen LogP) is 3.36. The molecular weight excluding hydrogens is 212 g/mol. The van der Waals surface area contributed by atoms with Gasteiger partial charge in [-0.1, -0.05) is 18.2 Å². The summed E-state index contributed by atoms with van der Waals surface area (Å²) in [6, 6.07) is 13.2. The highest BCUT2D eigenvalue weighted by molar-refractivity contribution is 5.38. The number of hydrogen-bond acceptors (Lipinski definition) is 3. The molecule has 2 rings (SSSR count). The van der Waals surface area contributed by atoms with Gasteiger partial charge in [-0.15, -0.1) is 0 Å². The van der Waals surface area contributed by atoms with Crippen LogP contribution in [0.1, 0.15) is 16.8 Å². The van der Waals surface area contributed by atoms with E-state index >= 15 is 0 Å². The van der Waals surface area contributed by atoms with Crippen molar-refractivity contribution in [3.05, 3.63) is 53.2 Å². The minimum atomic E-state index is 0.454. The van der Waals surface area contributed by atoms with Crippen LogP contribution in [0.2, 0.25) is 0 Å². The van der Waals surface area contributed by atoms with Gasteiger partial charge >= 0.3 is 0 Å². The first-order valence-corrected chi connectivity index (χ1v) is 5.31. The molecule has 84 valence electrons. The smallest absolute Gasteiger partial charge is 0.220 e. The molecule has 0 aliphatic carbocycles. The second-order valence-corrected chi connectivity index (χ2v) is 3.81. The fourth-order valence-corrected chi connectivity index (χ4v) is 1.54. The van der Waals surface area contributed by atoms with E-state index in [9.17, 15) is 0 Å². The van der Waals surface area contributed by atoms with Gasteiger partial charge in [0.2, 0.25) is 5.88 Å². The number of pyridine rings is 1. The molecule has 17 heavy (non-hydrogen) atoms. The molecule has 3 nitrogen and oxygen atoms in total. The summed E-state index contributed by atoms with van der Waals surface area (Å²) in [5.74, 6) is 1.21. The van der Waals surface area contributed by atoms with Gasteiger partial charge in [-0.25, -0.2) is 4.98 Å². The minimum Gasteiger partial charge on any atom is -0.439 e. The molecule has 0 N–H and O–H groups in total. The van der Waals surface area contributed by atoms with Crippen LogP contribution in [0.3, 0.4) is 0 Å². The van der Waals surface area contributed by atoms with Crippen LogP contribution in [-0.2, 0) is 0 Å². The van der Waals surface area contributed by atoms with Gasteiger partial charge in [-0.05, 0) is 31.5 Å². The van der Waals surface area contributed by atoms with E-state index in [1.807, 2.05) is 38.1 Å². The van der Waals surface area contributed by atoms with E-state index in [0.29, 0.717) is 11.4 Å². The molecule has 0 bridgehead atoms. The van der Waals surface area contributed by atoms with Crippen LogP contribution >= 0.6 is 0 Å². The van der Waals surface area contributed by atoms with E-state index in [2.05, 4.69) is 11.1 Å². The zero-order valence-electron chi connectivity index (χ0n) is 9.77. The van der Waals surface area contributed by atoms with Crippen LogP contribution in [0.5, 0.6) is 11.6 Å². The number of nitriles is 1. The van der Waals surface area contributed by atoms with Crippen molar-refractivity contribution in [1.82, 2.24) is 4.98 Å². The molecule has 0 saturated carbocycles. The van der Waals surface area contributed by atoms with Gasteiger partial charge < -0.3 is 4.74 Å². The molecule has 0 saturated heterocycles. The van der Waals surface area contributed by atoms with Crippen LogP contribution in [0.4, 0.5) is 0 Å². The first kappa shape index (κ1) is 11.2. The Labute approximate surface area is 100 Å². The number of rotatable bonds is 2. The Morgan fingerprint density at radius 1 is 1.18 bits per heavy atom. The average molecular weight is 224 g/mol. The summed E-state index contributed by atoms with van der Waals surface area (Å²) in [5, 5.41) is 8.87. The third-order valence-electron chi connectivity index (χ3n) is 2.37. The second-order valence-electron chi connectivity index (χ2n) is 3.81. The summed E-state index contributed by atoms with van der Waals surface area (Å²) < 4.78 is 5.67. The first-order chi connectivity index (χ1) is 8.19. The maximum Gasteiger partial charge on any atom is 0.220 e. The lowest BCUT2D eigenvalue weighted by Crippen LogP contribution is -1.93. The average Bonchev–Trinajstić information content (AvgIpc) is 2.31. The second kappa shape index (κ2) is 4.67. The highest BCUT2D eigenvalue weighted by atomic mass is 16.5. The Kier molecular flexibility index (Phi) is 3.06. The largest absolute Gasteiger partial charge is 0.439 e. The molecule has 0 spiro atoms. The van der Waals surface area contributed by atoms with Crippen molar-refractivity contribution in [2.45, 2.75) is 13.8 Å². The van der Waals surface area contributed by atoms with Crippen molar-refractivity contribution >= 4 is 0 Å². The van der Waals surface area contributed by atoms with Crippen molar-refractivity contribution in [1.29, 1.82) is 5.26 Å². The third-order valence-corrected chi connectivity index (χ3v) is 2.37. The van der Waals surface area contributed by atoms with Crippen molar-refractivity contribution < 1.29 is 4.74 Å². The van der Waals surface area contributed by atoms with Gasteiger partial charge in [-0.3, -0.25) is 0 Å². The molecule has 1 aromatic carbocycles. The molecule has 0 aliphatic rings. The fraction of sp³-hybridized carbons (Fsp3) is 0.143. The van der Waals surface area contributed by atoms with E-state index in [1.54, 1.807) is 12.1 Å². The lowest BCUT2D eigenvalue weighted by atomic mass is 10.2. The highest BCUT2D eigenvalue weighted by Gasteiger charge is 2.04. The molecule has 0 atom stereocenters. The molecule has 0 amide bonds. The molecule has 0 radical (unpaired) electrons. The Bertz CT molecular complexity index is 585. The van der Waals surface area contributed by atoms with Crippen LogP contribution in [0.25, 0.3) is 0 Å². The fourth-order valence-electron chi connectivity index (χ4n) is 1.54. The predicted molar refractivity (Wildman–Crippen MR) is 64.9 cm³/mol. The molecule has 0 fully saturated rings. The third kappa shape index (κ3) is 2.61. The van der Waals surface area contributed by atoms with Crippen LogP contribution in [0.15, 0.2) is 36.4 Å². The number of benzene rings is 1. The zero-order valence-corrected chi connectivity index (χ0v) is 9.77. The lowest BCUT2D eigenvalue weighted by Gasteiger charge is -2.08. The Morgan fingerprint density at radius 3 is 2.65 bits per heavy atom. The minimum absolute atomic E-state index is 0.454. The molecular formula is C14H12N2O. The first-order valence-electron chi connectivity index (χ1n) is 5.31. The number of ether oxygens (including phenoxy) is 1. The molecule has 3 heteroatoms. The monoisotopic (exact) mass is 224 g/mol. The standard InChI is InChI=1S/C14H12N2O/c1-10-5-3-4-6-13(10)17-14-8-12(9-15)7-11(2)16-14/h3-8H,1-2H3. The van der Waals surface area contributed by atoms with Gasteiger partial charge in [0.25, 0.3) is 0 Å². The van der Waals surface area contributed by atoms with E-state index in [-0.39, 0.29) is 0 Å².